The molecule has 8 heteroatoms. The molecule has 5 rings (SSSR count). The van der Waals surface area contributed by atoms with Gasteiger partial charge < -0.3 is 24.0 Å². The molecule has 3 aliphatic heterocycles. The van der Waals surface area contributed by atoms with Crippen molar-refractivity contribution in [2.24, 2.45) is 5.92 Å². The molecule has 4 heterocycles. The largest absolute Gasteiger partial charge is 0.490 e. The predicted molar refractivity (Wildman–Crippen MR) is 126 cm³/mol. The highest BCUT2D eigenvalue weighted by Crippen LogP contribution is 2.40. The number of benzene rings is 1. The molecule has 2 unspecified atom stereocenters. The van der Waals surface area contributed by atoms with Crippen LogP contribution in [0.4, 0.5) is 11.4 Å². The van der Waals surface area contributed by atoms with Crippen LogP contribution in [0.15, 0.2) is 30.5 Å². The number of hydrogen-bond donors (Lipinski definition) is 0. The SMILES string of the molecule is COc1ncc(N2CCOc3ccc(OC4CCN(C(=O)C5CCSC5)C4)cc32)cc1C. The third-order valence-electron chi connectivity index (χ3n) is 6.35. The standard InChI is InChI=1S/C24H29N3O4S/c1-16-11-18(13-25-23(16)29-2)27-8-9-30-22-4-3-19(12-21(22)27)31-20-5-7-26(14-20)24(28)17-6-10-32-15-17/h3-4,11-13,17,20H,5-10,14-15H2,1-2H3. The van der Waals surface area contributed by atoms with Gasteiger partial charge in [-0.3, -0.25) is 4.79 Å². The first-order valence-corrected chi connectivity index (χ1v) is 12.4. The van der Waals surface area contributed by atoms with Crippen molar-refractivity contribution in [2.45, 2.75) is 25.9 Å². The topological polar surface area (TPSA) is 64.1 Å². The Labute approximate surface area is 193 Å². The molecular weight excluding hydrogens is 426 g/mol. The summed E-state index contributed by atoms with van der Waals surface area (Å²) in [5.41, 5.74) is 2.95. The second-order valence-electron chi connectivity index (χ2n) is 8.52. The molecule has 3 aliphatic rings. The zero-order valence-corrected chi connectivity index (χ0v) is 19.4. The molecule has 2 saturated heterocycles. The highest BCUT2D eigenvalue weighted by Gasteiger charge is 2.33. The number of ether oxygens (including phenoxy) is 3. The number of rotatable bonds is 5. The molecule has 2 fully saturated rings. The average molecular weight is 456 g/mol. The number of aryl methyl sites for hydroxylation is 1. The average Bonchev–Trinajstić information content (AvgIpc) is 3.51. The monoisotopic (exact) mass is 455 g/mol. The zero-order chi connectivity index (χ0) is 22.1. The number of nitrogens with zero attached hydrogens (tertiary/aromatic N) is 3. The van der Waals surface area contributed by atoms with E-state index in [2.05, 4.69) is 16.0 Å². The third kappa shape index (κ3) is 4.20. The molecule has 32 heavy (non-hydrogen) atoms. The number of amides is 1. The van der Waals surface area contributed by atoms with Crippen LogP contribution in [0.25, 0.3) is 0 Å². The van der Waals surface area contributed by atoms with Crippen molar-refractivity contribution in [3.63, 3.8) is 0 Å². The summed E-state index contributed by atoms with van der Waals surface area (Å²) in [6.45, 7) is 4.78. The summed E-state index contributed by atoms with van der Waals surface area (Å²) >= 11 is 1.88. The lowest BCUT2D eigenvalue weighted by atomic mass is 10.1. The van der Waals surface area contributed by atoms with Crippen molar-refractivity contribution in [2.75, 3.05) is 49.8 Å². The molecule has 2 atom stereocenters. The molecular formula is C24H29N3O4S. The molecule has 0 spiro atoms. The summed E-state index contributed by atoms with van der Waals surface area (Å²) in [5.74, 6) is 4.81. The summed E-state index contributed by atoms with van der Waals surface area (Å²) in [6, 6.07) is 8.04. The van der Waals surface area contributed by atoms with E-state index in [4.69, 9.17) is 14.2 Å². The van der Waals surface area contributed by atoms with E-state index in [-0.39, 0.29) is 12.0 Å². The molecule has 7 nitrogen and oxygen atoms in total. The normalized spacial score (nSPS) is 22.4. The Morgan fingerprint density at radius 1 is 1.25 bits per heavy atom. The van der Waals surface area contributed by atoms with Gasteiger partial charge in [0.15, 0.2) is 0 Å². The number of thioether (sulfide) groups is 1. The second kappa shape index (κ2) is 9.10. The number of carbonyl (C=O) groups excluding carboxylic acids is 1. The lowest BCUT2D eigenvalue weighted by Crippen LogP contribution is -2.35. The quantitative estimate of drug-likeness (QED) is 0.682. The summed E-state index contributed by atoms with van der Waals surface area (Å²) in [4.78, 5) is 21.4. The first-order valence-electron chi connectivity index (χ1n) is 11.2. The van der Waals surface area contributed by atoms with Crippen molar-refractivity contribution in [3.8, 4) is 17.4 Å². The predicted octanol–water partition coefficient (Wildman–Crippen LogP) is 3.66. The fourth-order valence-corrected chi connectivity index (χ4v) is 5.86. The maximum atomic E-state index is 12.7. The van der Waals surface area contributed by atoms with Crippen LogP contribution in [0, 0.1) is 12.8 Å². The Morgan fingerprint density at radius 2 is 2.16 bits per heavy atom. The molecule has 1 aromatic carbocycles. The number of fused-ring (bicyclic) bond motifs is 1. The van der Waals surface area contributed by atoms with Gasteiger partial charge in [0.1, 0.15) is 24.2 Å². The first kappa shape index (κ1) is 21.2. The Morgan fingerprint density at radius 3 is 2.94 bits per heavy atom. The smallest absolute Gasteiger partial charge is 0.226 e. The van der Waals surface area contributed by atoms with Gasteiger partial charge >= 0.3 is 0 Å². The van der Waals surface area contributed by atoms with Crippen molar-refractivity contribution in [3.05, 3.63) is 36.0 Å². The first-order chi connectivity index (χ1) is 15.6. The van der Waals surface area contributed by atoms with Gasteiger partial charge in [0.25, 0.3) is 0 Å². The van der Waals surface area contributed by atoms with Crippen LogP contribution in [0.3, 0.4) is 0 Å². The van der Waals surface area contributed by atoms with E-state index in [1.54, 1.807) is 7.11 Å². The van der Waals surface area contributed by atoms with Crippen molar-refractivity contribution < 1.29 is 19.0 Å². The van der Waals surface area contributed by atoms with Gasteiger partial charge in [0.2, 0.25) is 11.8 Å². The molecule has 170 valence electrons. The van der Waals surface area contributed by atoms with Gasteiger partial charge in [-0.05, 0) is 37.3 Å². The Hall–Kier alpha value is -2.61. The molecule has 0 N–H and O–H groups in total. The fourth-order valence-electron chi connectivity index (χ4n) is 4.65. The molecule has 0 saturated carbocycles. The zero-order valence-electron chi connectivity index (χ0n) is 18.6. The van der Waals surface area contributed by atoms with Crippen LogP contribution in [-0.4, -0.2) is 66.8 Å². The van der Waals surface area contributed by atoms with E-state index in [1.807, 2.05) is 48.0 Å². The van der Waals surface area contributed by atoms with Gasteiger partial charge in [0, 0.05) is 36.3 Å². The number of methoxy groups -OCH3 is 1. The third-order valence-corrected chi connectivity index (χ3v) is 7.52. The fraction of sp³-hybridized carbons (Fsp3) is 0.500. The van der Waals surface area contributed by atoms with E-state index in [0.29, 0.717) is 24.9 Å². The van der Waals surface area contributed by atoms with Gasteiger partial charge in [-0.2, -0.15) is 11.8 Å². The van der Waals surface area contributed by atoms with Crippen molar-refractivity contribution in [1.29, 1.82) is 0 Å². The summed E-state index contributed by atoms with van der Waals surface area (Å²) < 4.78 is 17.5. The second-order valence-corrected chi connectivity index (χ2v) is 9.67. The Bertz CT molecular complexity index is 995. The summed E-state index contributed by atoms with van der Waals surface area (Å²) in [5, 5.41) is 0. The van der Waals surface area contributed by atoms with Crippen LogP contribution < -0.4 is 19.1 Å². The van der Waals surface area contributed by atoms with Gasteiger partial charge in [0.05, 0.1) is 37.8 Å². The molecule has 1 amide bonds. The van der Waals surface area contributed by atoms with Crippen LogP contribution >= 0.6 is 11.8 Å². The summed E-state index contributed by atoms with van der Waals surface area (Å²) in [7, 11) is 1.63. The molecule has 0 radical (unpaired) electrons. The van der Waals surface area contributed by atoms with Crippen molar-refractivity contribution in [1.82, 2.24) is 9.88 Å². The van der Waals surface area contributed by atoms with E-state index >= 15 is 0 Å². The highest BCUT2D eigenvalue weighted by molar-refractivity contribution is 7.99. The van der Waals surface area contributed by atoms with Crippen LogP contribution in [-0.2, 0) is 4.79 Å². The van der Waals surface area contributed by atoms with Crippen LogP contribution in [0.2, 0.25) is 0 Å². The van der Waals surface area contributed by atoms with E-state index in [9.17, 15) is 4.79 Å². The van der Waals surface area contributed by atoms with Gasteiger partial charge in [-0.15, -0.1) is 0 Å². The van der Waals surface area contributed by atoms with Crippen LogP contribution in [0.1, 0.15) is 18.4 Å². The van der Waals surface area contributed by atoms with Gasteiger partial charge in [-0.1, -0.05) is 0 Å². The molecule has 0 bridgehead atoms. The maximum absolute atomic E-state index is 12.7. The molecule has 1 aromatic heterocycles. The van der Waals surface area contributed by atoms with E-state index in [1.165, 1.54) is 0 Å². The maximum Gasteiger partial charge on any atom is 0.226 e. The molecule has 2 aromatic rings. The lowest BCUT2D eigenvalue weighted by Gasteiger charge is -2.32. The number of carbonyl (C=O) groups is 1. The molecule has 0 aliphatic carbocycles. The Balaban J connectivity index is 1.30. The number of likely N-dealkylation sites (tertiary alicyclic amines) is 1. The minimum atomic E-state index is 0.0221. The number of anilines is 2. The Kier molecular flexibility index (Phi) is 6.04. The number of pyridine rings is 1. The highest BCUT2D eigenvalue weighted by atomic mass is 32.2. The van der Waals surface area contributed by atoms with Gasteiger partial charge in [-0.25, -0.2) is 4.98 Å². The number of hydrogen-bond acceptors (Lipinski definition) is 7. The number of aromatic nitrogens is 1. The lowest BCUT2D eigenvalue weighted by molar-refractivity contribution is -0.133. The summed E-state index contributed by atoms with van der Waals surface area (Å²) in [6.07, 6.45) is 3.72. The van der Waals surface area contributed by atoms with Crippen molar-refractivity contribution >= 4 is 29.0 Å². The minimum absolute atomic E-state index is 0.0221. The van der Waals surface area contributed by atoms with Crippen LogP contribution in [0.5, 0.6) is 17.4 Å². The van der Waals surface area contributed by atoms with E-state index < -0.39 is 0 Å². The minimum Gasteiger partial charge on any atom is -0.490 e. The van der Waals surface area contributed by atoms with E-state index in [0.717, 1.165) is 65.9 Å².